The van der Waals surface area contributed by atoms with Crippen molar-refractivity contribution in [1.29, 1.82) is 0 Å². The van der Waals surface area contributed by atoms with Gasteiger partial charge in [0.2, 0.25) is 0 Å². The molecule has 3 N–H and O–H groups in total. The average molecular weight is 335 g/mol. The molecule has 0 saturated carbocycles. The lowest BCUT2D eigenvalue weighted by atomic mass is 10.1. The zero-order valence-electron chi connectivity index (χ0n) is 13.9. The van der Waals surface area contributed by atoms with E-state index < -0.39 is 0 Å². The van der Waals surface area contributed by atoms with E-state index >= 15 is 0 Å². The van der Waals surface area contributed by atoms with Crippen molar-refractivity contribution >= 4 is 29.4 Å². The summed E-state index contributed by atoms with van der Waals surface area (Å²) in [5.41, 5.74) is 0.988. The zero-order chi connectivity index (χ0) is 16.9. The Morgan fingerprint density at radius 3 is 2.26 bits per heavy atom. The van der Waals surface area contributed by atoms with Crippen LogP contribution in [0.25, 0.3) is 0 Å². The molecule has 0 aliphatic carbocycles. The van der Waals surface area contributed by atoms with E-state index in [1.165, 1.54) is 0 Å². The number of hydrogen-bond donors (Lipinski definition) is 3. The Balaban J connectivity index is 1.86. The van der Waals surface area contributed by atoms with Gasteiger partial charge in [-0.2, -0.15) is 11.8 Å². The first-order chi connectivity index (χ1) is 10.8. The molecule has 5 nitrogen and oxygen atoms in total. The van der Waals surface area contributed by atoms with E-state index in [2.05, 4.69) is 16.0 Å². The summed E-state index contributed by atoms with van der Waals surface area (Å²) in [6.07, 6.45) is 2.04. The summed E-state index contributed by atoms with van der Waals surface area (Å²) in [4.78, 5) is 24.0. The van der Waals surface area contributed by atoms with E-state index in [0.717, 1.165) is 24.3 Å². The highest BCUT2D eigenvalue weighted by molar-refractivity contribution is 7.99. The number of benzene rings is 1. The molecule has 1 aromatic rings. The SMILES string of the molecule is CC(C)(C)NC(=O)c1ccc(NC(=O)NC2CCSCC2)cc1. The molecule has 6 heteroatoms. The van der Waals surface area contributed by atoms with Gasteiger partial charge in [0.15, 0.2) is 0 Å². The third-order valence-electron chi connectivity index (χ3n) is 3.45. The minimum Gasteiger partial charge on any atom is -0.347 e. The van der Waals surface area contributed by atoms with Gasteiger partial charge in [0.05, 0.1) is 0 Å². The maximum Gasteiger partial charge on any atom is 0.319 e. The molecular formula is C17H25N3O2S. The number of carbonyl (C=O) groups excluding carboxylic acids is 2. The molecule has 3 amide bonds. The highest BCUT2D eigenvalue weighted by atomic mass is 32.2. The van der Waals surface area contributed by atoms with Crippen LogP contribution in [0.1, 0.15) is 44.0 Å². The fourth-order valence-corrected chi connectivity index (χ4v) is 3.42. The lowest BCUT2D eigenvalue weighted by Gasteiger charge is -2.22. The van der Waals surface area contributed by atoms with Gasteiger partial charge in [-0.1, -0.05) is 0 Å². The van der Waals surface area contributed by atoms with Crippen molar-refractivity contribution < 1.29 is 9.59 Å². The molecule has 1 aliphatic heterocycles. The van der Waals surface area contributed by atoms with Crippen molar-refractivity contribution in [2.75, 3.05) is 16.8 Å². The van der Waals surface area contributed by atoms with Crippen LogP contribution >= 0.6 is 11.8 Å². The summed E-state index contributed by atoms with van der Waals surface area (Å²) in [6.45, 7) is 5.82. The number of hydrogen-bond acceptors (Lipinski definition) is 3. The van der Waals surface area contributed by atoms with Gasteiger partial charge < -0.3 is 16.0 Å². The van der Waals surface area contributed by atoms with Gasteiger partial charge in [-0.05, 0) is 69.4 Å². The first-order valence-corrected chi connectivity index (χ1v) is 9.07. The van der Waals surface area contributed by atoms with Crippen molar-refractivity contribution in [2.45, 2.75) is 45.2 Å². The lowest BCUT2D eigenvalue weighted by molar-refractivity contribution is 0.0919. The minimum atomic E-state index is -0.272. The Hall–Kier alpha value is -1.69. The predicted octanol–water partition coefficient (Wildman–Crippen LogP) is 3.23. The van der Waals surface area contributed by atoms with Gasteiger partial charge in [0.25, 0.3) is 5.91 Å². The third-order valence-corrected chi connectivity index (χ3v) is 4.50. The zero-order valence-corrected chi connectivity index (χ0v) is 14.8. The molecule has 0 bridgehead atoms. The Morgan fingerprint density at radius 1 is 1.09 bits per heavy atom. The number of thioether (sulfide) groups is 1. The molecule has 0 aromatic heterocycles. The first kappa shape index (κ1) is 17.7. The molecule has 0 atom stereocenters. The van der Waals surface area contributed by atoms with Crippen LogP contribution in [0.4, 0.5) is 10.5 Å². The fraction of sp³-hybridized carbons (Fsp3) is 0.529. The molecule has 1 heterocycles. The highest BCUT2D eigenvalue weighted by Crippen LogP contribution is 2.17. The van der Waals surface area contributed by atoms with Gasteiger partial charge in [-0.15, -0.1) is 0 Å². The number of carbonyl (C=O) groups is 2. The molecular weight excluding hydrogens is 310 g/mol. The molecule has 2 rings (SSSR count). The third kappa shape index (κ3) is 6.14. The molecule has 0 spiro atoms. The van der Waals surface area contributed by atoms with Gasteiger partial charge in [-0.3, -0.25) is 4.79 Å². The van der Waals surface area contributed by atoms with Crippen LogP contribution in [0.3, 0.4) is 0 Å². The number of rotatable bonds is 3. The van der Waals surface area contributed by atoms with Crippen LogP contribution in [0.5, 0.6) is 0 Å². The Labute approximate surface area is 142 Å². The fourth-order valence-electron chi connectivity index (χ4n) is 2.31. The van der Waals surface area contributed by atoms with E-state index in [1.54, 1.807) is 24.3 Å². The maximum absolute atomic E-state index is 12.0. The van der Waals surface area contributed by atoms with E-state index in [9.17, 15) is 9.59 Å². The topological polar surface area (TPSA) is 70.2 Å². The van der Waals surface area contributed by atoms with Crippen molar-refractivity contribution in [1.82, 2.24) is 10.6 Å². The Bertz CT molecular complexity index is 546. The standard InChI is InChI=1S/C17H25N3O2S/c1-17(2,3)20-15(21)12-4-6-13(7-5-12)18-16(22)19-14-8-10-23-11-9-14/h4-7,14H,8-11H2,1-3H3,(H,20,21)(H2,18,19,22). The van der Waals surface area contributed by atoms with Gasteiger partial charge >= 0.3 is 6.03 Å². The summed E-state index contributed by atoms with van der Waals surface area (Å²) in [5, 5.41) is 8.72. The quantitative estimate of drug-likeness (QED) is 0.794. The van der Waals surface area contributed by atoms with Crippen LogP contribution in [0, 0.1) is 0 Å². The van der Waals surface area contributed by atoms with Crippen LogP contribution < -0.4 is 16.0 Å². The van der Waals surface area contributed by atoms with E-state index in [1.807, 2.05) is 32.5 Å². The van der Waals surface area contributed by atoms with E-state index in [0.29, 0.717) is 11.3 Å². The van der Waals surface area contributed by atoms with Crippen LogP contribution in [-0.2, 0) is 0 Å². The first-order valence-electron chi connectivity index (χ1n) is 7.91. The molecule has 1 aliphatic rings. The van der Waals surface area contributed by atoms with Crippen molar-refractivity contribution in [3.05, 3.63) is 29.8 Å². The molecule has 0 unspecified atom stereocenters. The van der Waals surface area contributed by atoms with Crippen LogP contribution in [0.15, 0.2) is 24.3 Å². The smallest absolute Gasteiger partial charge is 0.319 e. The summed E-state index contributed by atoms with van der Waals surface area (Å²) in [6, 6.07) is 6.99. The molecule has 0 radical (unpaired) electrons. The second kappa shape index (κ2) is 7.73. The van der Waals surface area contributed by atoms with Crippen LogP contribution in [-0.4, -0.2) is 35.0 Å². The van der Waals surface area contributed by atoms with Crippen molar-refractivity contribution in [3.8, 4) is 0 Å². The normalized spacial score (nSPS) is 15.8. The summed E-state index contributed by atoms with van der Waals surface area (Å²) >= 11 is 1.93. The average Bonchev–Trinajstić information content (AvgIpc) is 2.47. The number of nitrogens with one attached hydrogen (secondary N) is 3. The van der Waals surface area contributed by atoms with Crippen LogP contribution in [0.2, 0.25) is 0 Å². The molecule has 126 valence electrons. The van der Waals surface area contributed by atoms with E-state index in [4.69, 9.17) is 0 Å². The second-order valence-electron chi connectivity index (χ2n) is 6.77. The number of amides is 3. The predicted molar refractivity (Wildman–Crippen MR) is 96.2 cm³/mol. The van der Waals surface area contributed by atoms with Gasteiger partial charge in [0.1, 0.15) is 0 Å². The summed E-state index contributed by atoms with van der Waals surface area (Å²) in [7, 11) is 0. The highest BCUT2D eigenvalue weighted by Gasteiger charge is 2.17. The second-order valence-corrected chi connectivity index (χ2v) is 7.99. The minimum absolute atomic E-state index is 0.117. The van der Waals surface area contributed by atoms with E-state index in [-0.39, 0.29) is 23.5 Å². The molecule has 23 heavy (non-hydrogen) atoms. The molecule has 1 saturated heterocycles. The molecule has 1 fully saturated rings. The lowest BCUT2D eigenvalue weighted by Crippen LogP contribution is -2.40. The summed E-state index contributed by atoms with van der Waals surface area (Å²) in [5.74, 6) is 2.08. The Kier molecular flexibility index (Phi) is 5.93. The van der Waals surface area contributed by atoms with Gasteiger partial charge in [0, 0.05) is 22.8 Å². The van der Waals surface area contributed by atoms with Crippen molar-refractivity contribution in [2.24, 2.45) is 0 Å². The largest absolute Gasteiger partial charge is 0.347 e. The number of anilines is 1. The van der Waals surface area contributed by atoms with Crippen molar-refractivity contribution in [3.63, 3.8) is 0 Å². The monoisotopic (exact) mass is 335 g/mol. The summed E-state index contributed by atoms with van der Waals surface area (Å²) < 4.78 is 0. The van der Waals surface area contributed by atoms with Gasteiger partial charge in [-0.25, -0.2) is 4.79 Å². The Morgan fingerprint density at radius 2 is 1.70 bits per heavy atom. The molecule has 1 aromatic carbocycles. The maximum atomic E-state index is 12.0. The number of urea groups is 1.